The Morgan fingerprint density at radius 2 is 2.12 bits per heavy atom. The van der Waals surface area contributed by atoms with Gasteiger partial charge in [-0.25, -0.2) is 4.68 Å². The second kappa shape index (κ2) is 6.20. The molecule has 2 heterocycles. The molecule has 0 bridgehead atoms. The van der Waals surface area contributed by atoms with Gasteiger partial charge in [-0.3, -0.25) is 0 Å². The highest BCUT2D eigenvalue weighted by atomic mass is 15.3. The number of hydrogen-bond acceptors (Lipinski definition) is 4. The summed E-state index contributed by atoms with van der Waals surface area (Å²) in [6.45, 7) is 2.88. The van der Waals surface area contributed by atoms with Gasteiger partial charge in [-0.15, -0.1) is 10.2 Å². The Hall–Kier alpha value is -2.47. The molecule has 1 aromatic carbocycles. The molecular formula is C18H22N6. The summed E-state index contributed by atoms with van der Waals surface area (Å²) in [5.41, 5.74) is 2.30. The predicted molar refractivity (Wildman–Crippen MR) is 91.8 cm³/mol. The van der Waals surface area contributed by atoms with Crippen LogP contribution in [0.5, 0.6) is 0 Å². The first-order chi connectivity index (χ1) is 11.7. The molecule has 0 aliphatic heterocycles. The minimum absolute atomic E-state index is 0.224. The van der Waals surface area contributed by atoms with E-state index in [4.69, 9.17) is 0 Å². The molecule has 3 aromatic rings. The maximum atomic E-state index is 4.34. The van der Waals surface area contributed by atoms with Crippen molar-refractivity contribution < 1.29 is 0 Å². The molecule has 6 heteroatoms. The summed E-state index contributed by atoms with van der Waals surface area (Å²) in [6.07, 6.45) is 6.24. The van der Waals surface area contributed by atoms with Crippen LogP contribution >= 0.6 is 0 Å². The molecule has 0 radical (unpaired) electrons. The third-order valence-corrected chi connectivity index (χ3v) is 4.65. The Morgan fingerprint density at radius 1 is 1.25 bits per heavy atom. The van der Waals surface area contributed by atoms with Crippen molar-refractivity contribution in [2.24, 2.45) is 7.05 Å². The van der Waals surface area contributed by atoms with Crippen LogP contribution in [0.25, 0.3) is 5.69 Å². The van der Waals surface area contributed by atoms with Crippen molar-refractivity contribution in [1.29, 1.82) is 0 Å². The first kappa shape index (κ1) is 15.1. The zero-order chi connectivity index (χ0) is 16.5. The molecule has 1 atom stereocenters. The molecule has 1 unspecified atom stereocenters. The molecule has 124 valence electrons. The number of rotatable bonds is 6. The highest BCUT2D eigenvalue weighted by molar-refractivity contribution is 5.36. The van der Waals surface area contributed by atoms with Crippen molar-refractivity contribution in [2.75, 3.05) is 0 Å². The van der Waals surface area contributed by atoms with Crippen LogP contribution in [0.3, 0.4) is 0 Å². The molecule has 1 aliphatic carbocycles. The van der Waals surface area contributed by atoms with E-state index >= 15 is 0 Å². The third-order valence-electron chi connectivity index (χ3n) is 4.65. The normalized spacial score (nSPS) is 15.6. The summed E-state index contributed by atoms with van der Waals surface area (Å²) in [7, 11) is 2.06. The van der Waals surface area contributed by atoms with Gasteiger partial charge in [0.2, 0.25) is 0 Å². The molecule has 2 aromatic heterocycles. The standard InChI is InChI=1S/C18H22N6/c1-13(15-5-3-6-16(11-15)24-10-4-9-20-24)19-12-17-21-22-18(23(17)2)14-7-8-14/h3-6,9-11,13-14,19H,7-8,12H2,1-2H3. The fourth-order valence-corrected chi connectivity index (χ4v) is 2.95. The Morgan fingerprint density at radius 3 is 2.88 bits per heavy atom. The SMILES string of the molecule is CC(NCc1nnc(C2CC2)n1C)c1cccc(-n2cccn2)c1. The summed E-state index contributed by atoms with van der Waals surface area (Å²) < 4.78 is 4.01. The predicted octanol–water partition coefficient (Wildman–Crippen LogP) is 2.73. The van der Waals surface area contributed by atoms with Crippen molar-refractivity contribution in [1.82, 2.24) is 29.9 Å². The summed E-state index contributed by atoms with van der Waals surface area (Å²) in [4.78, 5) is 0. The van der Waals surface area contributed by atoms with Gasteiger partial charge in [0.05, 0.1) is 12.2 Å². The Balaban J connectivity index is 1.44. The van der Waals surface area contributed by atoms with Crippen LogP contribution < -0.4 is 5.32 Å². The van der Waals surface area contributed by atoms with Crippen LogP contribution in [0.15, 0.2) is 42.7 Å². The van der Waals surface area contributed by atoms with Crippen molar-refractivity contribution in [3.8, 4) is 5.69 Å². The van der Waals surface area contributed by atoms with E-state index in [1.807, 2.05) is 16.9 Å². The van der Waals surface area contributed by atoms with Gasteiger partial charge in [0, 0.05) is 31.4 Å². The third kappa shape index (κ3) is 2.97. The van der Waals surface area contributed by atoms with Gasteiger partial charge in [0.15, 0.2) is 0 Å². The second-order valence-corrected chi connectivity index (χ2v) is 6.46. The van der Waals surface area contributed by atoms with Gasteiger partial charge in [0.1, 0.15) is 11.6 Å². The van der Waals surface area contributed by atoms with Crippen molar-refractivity contribution in [3.05, 3.63) is 59.9 Å². The summed E-state index contributed by atoms with van der Waals surface area (Å²) in [5.74, 6) is 2.74. The van der Waals surface area contributed by atoms with Crippen molar-refractivity contribution in [3.63, 3.8) is 0 Å². The average Bonchev–Trinajstić information content (AvgIpc) is 3.16. The van der Waals surface area contributed by atoms with E-state index < -0.39 is 0 Å². The van der Waals surface area contributed by atoms with Crippen LogP contribution in [-0.4, -0.2) is 24.5 Å². The molecule has 0 saturated heterocycles. The highest BCUT2D eigenvalue weighted by Gasteiger charge is 2.29. The second-order valence-electron chi connectivity index (χ2n) is 6.46. The van der Waals surface area contributed by atoms with Crippen molar-refractivity contribution >= 4 is 0 Å². The maximum Gasteiger partial charge on any atom is 0.146 e. The van der Waals surface area contributed by atoms with Gasteiger partial charge >= 0.3 is 0 Å². The smallest absolute Gasteiger partial charge is 0.146 e. The molecule has 0 amide bonds. The van der Waals surface area contributed by atoms with Gasteiger partial charge in [-0.05, 0) is 43.5 Å². The van der Waals surface area contributed by atoms with E-state index in [9.17, 15) is 0 Å². The van der Waals surface area contributed by atoms with Crippen LogP contribution in [0.4, 0.5) is 0 Å². The monoisotopic (exact) mass is 322 g/mol. The van der Waals surface area contributed by atoms with Gasteiger partial charge < -0.3 is 9.88 Å². The minimum Gasteiger partial charge on any atom is -0.317 e. The van der Waals surface area contributed by atoms with E-state index in [-0.39, 0.29) is 6.04 Å². The summed E-state index contributed by atoms with van der Waals surface area (Å²) in [5, 5.41) is 16.5. The Bertz CT molecular complexity index is 816. The molecule has 1 fully saturated rings. The summed E-state index contributed by atoms with van der Waals surface area (Å²) >= 11 is 0. The van der Waals surface area contributed by atoms with E-state index in [2.05, 4.69) is 63.4 Å². The van der Waals surface area contributed by atoms with Gasteiger partial charge in [-0.1, -0.05) is 12.1 Å². The molecule has 4 rings (SSSR count). The molecule has 24 heavy (non-hydrogen) atoms. The van der Waals surface area contributed by atoms with Crippen molar-refractivity contribution in [2.45, 2.75) is 38.3 Å². The molecule has 1 N–H and O–H groups in total. The minimum atomic E-state index is 0.224. The van der Waals surface area contributed by atoms with Crippen LogP contribution in [0.1, 0.15) is 48.9 Å². The van der Waals surface area contributed by atoms with E-state index in [0.29, 0.717) is 12.5 Å². The molecule has 0 spiro atoms. The number of nitrogens with zero attached hydrogens (tertiary/aromatic N) is 5. The highest BCUT2D eigenvalue weighted by Crippen LogP contribution is 2.38. The fourth-order valence-electron chi connectivity index (χ4n) is 2.95. The van der Waals surface area contributed by atoms with E-state index in [0.717, 1.165) is 17.3 Å². The molecule has 1 saturated carbocycles. The molecule has 1 aliphatic rings. The first-order valence-corrected chi connectivity index (χ1v) is 8.44. The van der Waals surface area contributed by atoms with Crippen LogP contribution in [0, 0.1) is 0 Å². The number of nitrogens with one attached hydrogen (secondary N) is 1. The lowest BCUT2D eigenvalue weighted by Gasteiger charge is -2.15. The Labute approximate surface area is 141 Å². The lowest BCUT2D eigenvalue weighted by molar-refractivity contribution is 0.546. The fraction of sp³-hybridized carbons (Fsp3) is 0.389. The summed E-state index contributed by atoms with van der Waals surface area (Å²) in [6, 6.07) is 10.6. The number of hydrogen-bond donors (Lipinski definition) is 1. The molecule has 6 nitrogen and oxygen atoms in total. The molecular weight excluding hydrogens is 300 g/mol. The average molecular weight is 322 g/mol. The van der Waals surface area contributed by atoms with E-state index in [1.54, 1.807) is 6.20 Å². The lowest BCUT2D eigenvalue weighted by Crippen LogP contribution is -2.20. The zero-order valence-corrected chi connectivity index (χ0v) is 14.1. The van der Waals surface area contributed by atoms with Gasteiger partial charge in [-0.2, -0.15) is 5.10 Å². The largest absolute Gasteiger partial charge is 0.317 e. The number of aromatic nitrogens is 5. The van der Waals surface area contributed by atoms with Crippen LogP contribution in [0.2, 0.25) is 0 Å². The lowest BCUT2D eigenvalue weighted by atomic mass is 10.1. The van der Waals surface area contributed by atoms with Gasteiger partial charge in [0.25, 0.3) is 0 Å². The maximum absolute atomic E-state index is 4.34. The topological polar surface area (TPSA) is 60.6 Å². The van der Waals surface area contributed by atoms with E-state index in [1.165, 1.54) is 18.4 Å². The quantitative estimate of drug-likeness (QED) is 0.758. The number of benzene rings is 1. The zero-order valence-electron chi connectivity index (χ0n) is 14.1. The first-order valence-electron chi connectivity index (χ1n) is 8.44. The van der Waals surface area contributed by atoms with Crippen LogP contribution in [-0.2, 0) is 13.6 Å². The Kier molecular flexibility index (Phi) is 3.90.